The van der Waals surface area contributed by atoms with Crippen LogP contribution in [0.1, 0.15) is 31.0 Å². The van der Waals surface area contributed by atoms with Gasteiger partial charge in [0, 0.05) is 12.1 Å². The molecule has 2 aliphatic rings. The van der Waals surface area contributed by atoms with Gasteiger partial charge in [0.15, 0.2) is 11.5 Å². The summed E-state index contributed by atoms with van der Waals surface area (Å²) in [5.74, 6) is 1.87. The van der Waals surface area contributed by atoms with Crippen LogP contribution in [0.3, 0.4) is 0 Å². The average Bonchev–Trinajstić information content (AvgIpc) is 2.90. The highest BCUT2D eigenvalue weighted by atomic mass is 16.5. The Labute approximate surface area is 130 Å². The Balaban J connectivity index is 2.02. The van der Waals surface area contributed by atoms with Crippen molar-refractivity contribution in [3.8, 4) is 17.2 Å². The van der Waals surface area contributed by atoms with E-state index in [0.717, 1.165) is 31.4 Å². The number of hydrogen-bond donors (Lipinski definition) is 1. The van der Waals surface area contributed by atoms with Crippen LogP contribution in [0.5, 0.6) is 17.2 Å². The summed E-state index contributed by atoms with van der Waals surface area (Å²) in [6, 6.07) is 3.75. The molecule has 2 saturated heterocycles. The standard InChI is InChI=1S/C16H22N2O4/c1-20-12-8-7-10(13(21-2)14(12)22-3)15-17-16(19)11-6-4-5-9-18(11)15/h7-8,11,15H,4-6,9H2,1-3H3,(H,17,19)/t11-,15-/m1/s1. The zero-order valence-electron chi connectivity index (χ0n) is 13.2. The molecule has 2 atom stereocenters. The first-order valence-electron chi connectivity index (χ1n) is 7.56. The molecule has 0 saturated carbocycles. The maximum atomic E-state index is 12.2. The Morgan fingerprint density at radius 2 is 1.86 bits per heavy atom. The van der Waals surface area contributed by atoms with Crippen LogP contribution in [0.15, 0.2) is 12.1 Å². The van der Waals surface area contributed by atoms with E-state index in [4.69, 9.17) is 14.2 Å². The minimum atomic E-state index is -0.174. The fourth-order valence-electron chi connectivity index (χ4n) is 3.45. The van der Waals surface area contributed by atoms with Crippen LogP contribution in [-0.4, -0.2) is 44.7 Å². The van der Waals surface area contributed by atoms with E-state index < -0.39 is 0 Å². The molecule has 0 spiro atoms. The number of piperidine rings is 1. The van der Waals surface area contributed by atoms with Gasteiger partial charge in [-0.2, -0.15) is 0 Å². The van der Waals surface area contributed by atoms with Crippen LogP contribution in [0.4, 0.5) is 0 Å². The van der Waals surface area contributed by atoms with Gasteiger partial charge in [0.1, 0.15) is 6.17 Å². The molecule has 120 valence electrons. The van der Waals surface area contributed by atoms with Gasteiger partial charge in [-0.1, -0.05) is 6.42 Å². The van der Waals surface area contributed by atoms with Crippen LogP contribution < -0.4 is 19.5 Å². The molecule has 6 heteroatoms. The lowest BCUT2D eigenvalue weighted by Crippen LogP contribution is -2.38. The molecule has 3 rings (SSSR count). The molecule has 1 aromatic rings. The highest BCUT2D eigenvalue weighted by Crippen LogP contribution is 2.44. The predicted octanol–water partition coefficient (Wildman–Crippen LogP) is 1.70. The van der Waals surface area contributed by atoms with E-state index in [9.17, 15) is 4.79 Å². The number of nitrogens with zero attached hydrogens (tertiary/aromatic N) is 1. The average molecular weight is 306 g/mol. The maximum absolute atomic E-state index is 12.2. The van der Waals surface area contributed by atoms with E-state index in [1.807, 2.05) is 12.1 Å². The van der Waals surface area contributed by atoms with E-state index in [1.54, 1.807) is 21.3 Å². The zero-order valence-corrected chi connectivity index (χ0v) is 13.2. The highest BCUT2D eigenvalue weighted by Gasteiger charge is 2.43. The van der Waals surface area contributed by atoms with Gasteiger partial charge in [-0.05, 0) is 25.0 Å². The molecule has 0 aromatic heterocycles. The van der Waals surface area contributed by atoms with E-state index >= 15 is 0 Å². The summed E-state index contributed by atoms with van der Waals surface area (Å²) in [6.07, 6.45) is 2.95. The molecule has 6 nitrogen and oxygen atoms in total. The second-order valence-corrected chi connectivity index (χ2v) is 5.58. The molecule has 0 unspecified atom stereocenters. The summed E-state index contributed by atoms with van der Waals surface area (Å²) < 4.78 is 16.3. The first kappa shape index (κ1) is 15.0. The maximum Gasteiger partial charge on any atom is 0.238 e. The molecular weight excluding hydrogens is 284 g/mol. The summed E-state index contributed by atoms with van der Waals surface area (Å²) in [5.41, 5.74) is 0.901. The van der Waals surface area contributed by atoms with Crippen molar-refractivity contribution in [1.29, 1.82) is 0 Å². The minimum absolute atomic E-state index is 0.0310. The van der Waals surface area contributed by atoms with Gasteiger partial charge in [-0.3, -0.25) is 9.69 Å². The Morgan fingerprint density at radius 1 is 1.09 bits per heavy atom. The fraction of sp³-hybridized carbons (Fsp3) is 0.562. The van der Waals surface area contributed by atoms with Crippen LogP contribution in [-0.2, 0) is 4.79 Å². The smallest absolute Gasteiger partial charge is 0.238 e. The number of methoxy groups -OCH3 is 3. The summed E-state index contributed by atoms with van der Waals surface area (Å²) in [4.78, 5) is 14.4. The van der Waals surface area contributed by atoms with E-state index in [0.29, 0.717) is 17.2 Å². The minimum Gasteiger partial charge on any atom is -0.493 e. The van der Waals surface area contributed by atoms with Gasteiger partial charge in [0.25, 0.3) is 0 Å². The van der Waals surface area contributed by atoms with E-state index in [2.05, 4.69) is 10.2 Å². The molecule has 2 heterocycles. The van der Waals surface area contributed by atoms with Crippen molar-refractivity contribution in [3.05, 3.63) is 17.7 Å². The van der Waals surface area contributed by atoms with Crippen molar-refractivity contribution in [1.82, 2.24) is 10.2 Å². The van der Waals surface area contributed by atoms with Crippen molar-refractivity contribution in [2.75, 3.05) is 27.9 Å². The third kappa shape index (κ3) is 2.27. The summed E-state index contributed by atoms with van der Waals surface area (Å²) in [5, 5.41) is 3.09. The second-order valence-electron chi connectivity index (χ2n) is 5.58. The van der Waals surface area contributed by atoms with Crippen molar-refractivity contribution < 1.29 is 19.0 Å². The number of fused-ring (bicyclic) bond motifs is 1. The molecule has 0 bridgehead atoms. The van der Waals surface area contributed by atoms with Crippen molar-refractivity contribution >= 4 is 5.91 Å². The number of ether oxygens (including phenoxy) is 3. The quantitative estimate of drug-likeness (QED) is 0.917. The molecule has 2 fully saturated rings. The molecule has 22 heavy (non-hydrogen) atoms. The number of amides is 1. The van der Waals surface area contributed by atoms with Gasteiger partial charge in [0.05, 0.1) is 27.4 Å². The monoisotopic (exact) mass is 306 g/mol. The molecule has 0 aliphatic carbocycles. The van der Waals surface area contributed by atoms with Crippen LogP contribution >= 0.6 is 0 Å². The molecule has 1 aromatic carbocycles. The first-order chi connectivity index (χ1) is 10.7. The second kappa shape index (κ2) is 6.04. The molecular formula is C16H22N2O4. The van der Waals surface area contributed by atoms with Gasteiger partial charge >= 0.3 is 0 Å². The van der Waals surface area contributed by atoms with Gasteiger partial charge in [-0.15, -0.1) is 0 Å². The van der Waals surface area contributed by atoms with E-state index in [1.165, 1.54) is 0 Å². The number of carbonyl (C=O) groups is 1. The predicted molar refractivity (Wildman–Crippen MR) is 81.3 cm³/mol. The van der Waals surface area contributed by atoms with Gasteiger partial charge < -0.3 is 19.5 Å². The van der Waals surface area contributed by atoms with Crippen molar-refractivity contribution in [2.24, 2.45) is 0 Å². The molecule has 1 amide bonds. The van der Waals surface area contributed by atoms with Crippen LogP contribution in [0, 0.1) is 0 Å². The van der Waals surface area contributed by atoms with Gasteiger partial charge in [-0.25, -0.2) is 0 Å². The largest absolute Gasteiger partial charge is 0.493 e. The summed E-state index contributed by atoms with van der Waals surface area (Å²) in [7, 11) is 4.78. The number of benzene rings is 1. The Bertz CT molecular complexity index is 576. The lowest BCUT2D eigenvalue weighted by Gasteiger charge is -2.32. The lowest BCUT2D eigenvalue weighted by atomic mass is 10.0. The number of hydrogen-bond acceptors (Lipinski definition) is 5. The normalized spacial score (nSPS) is 24.6. The topological polar surface area (TPSA) is 60.0 Å². The van der Waals surface area contributed by atoms with Crippen molar-refractivity contribution in [2.45, 2.75) is 31.5 Å². The highest BCUT2D eigenvalue weighted by molar-refractivity contribution is 5.84. The zero-order chi connectivity index (χ0) is 15.7. The van der Waals surface area contributed by atoms with Crippen LogP contribution in [0.2, 0.25) is 0 Å². The SMILES string of the molecule is COc1ccc([C@@H]2NC(=O)[C@H]3CCCCN32)c(OC)c1OC. The number of rotatable bonds is 4. The summed E-state index contributed by atoms with van der Waals surface area (Å²) >= 11 is 0. The van der Waals surface area contributed by atoms with Crippen LogP contribution in [0.25, 0.3) is 0 Å². The first-order valence-corrected chi connectivity index (χ1v) is 7.56. The molecule has 0 radical (unpaired) electrons. The third-order valence-electron chi connectivity index (χ3n) is 4.49. The summed E-state index contributed by atoms with van der Waals surface area (Å²) in [6.45, 7) is 0.908. The third-order valence-corrected chi connectivity index (χ3v) is 4.49. The van der Waals surface area contributed by atoms with Gasteiger partial charge in [0.2, 0.25) is 11.7 Å². The number of nitrogens with one attached hydrogen (secondary N) is 1. The Morgan fingerprint density at radius 3 is 2.55 bits per heavy atom. The number of carbonyl (C=O) groups excluding carboxylic acids is 1. The Hall–Kier alpha value is -1.95. The van der Waals surface area contributed by atoms with E-state index in [-0.39, 0.29) is 18.1 Å². The Kier molecular flexibility index (Phi) is 4.11. The molecule has 1 N–H and O–H groups in total. The fourth-order valence-corrected chi connectivity index (χ4v) is 3.45. The van der Waals surface area contributed by atoms with Crippen molar-refractivity contribution in [3.63, 3.8) is 0 Å². The molecule has 2 aliphatic heterocycles. The lowest BCUT2D eigenvalue weighted by molar-refractivity contribution is -0.122.